The van der Waals surface area contributed by atoms with Crippen molar-refractivity contribution < 1.29 is 19.5 Å². The van der Waals surface area contributed by atoms with Crippen LogP contribution >= 0.6 is 0 Å². The average molecular weight is 299 g/mol. The Labute approximate surface area is 124 Å². The molecule has 0 aliphatic carbocycles. The van der Waals surface area contributed by atoms with Gasteiger partial charge in [-0.1, -0.05) is 6.92 Å². The van der Waals surface area contributed by atoms with E-state index in [-0.39, 0.29) is 24.3 Å². The minimum atomic E-state index is -0.921. The minimum Gasteiger partial charge on any atom is -0.481 e. The minimum absolute atomic E-state index is 0.0961. The van der Waals surface area contributed by atoms with Crippen molar-refractivity contribution in [2.24, 2.45) is 17.6 Å². The van der Waals surface area contributed by atoms with Gasteiger partial charge in [0.2, 0.25) is 11.8 Å². The quantitative estimate of drug-likeness (QED) is 0.602. The van der Waals surface area contributed by atoms with E-state index in [9.17, 15) is 14.4 Å². The highest BCUT2D eigenvalue weighted by Gasteiger charge is 2.27. The van der Waals surface area contributed by atoms with E-state index < -0.39 is 11.9 Å². The Morgan fingerprint density at radius 3 is 2.48 bits per heavy atom. The molecular formula is C14H25N3O4. The predicted octanol–water partition coefficient (Wildman–Crippen LogP) is -0.199. The number of nitrogens with two attached hydrogens (primary N) is 1. The summed E-state index contributed by atoms with van der Waals surface area (Å²) in [5.41, 5.74) is 5.38. The lowest BCUT2D eigenvalue weighted by Gasteiger charge is -2.31. The summed E-state index contributed by atoms with van der Waals surface area (Å²) in [4.78, 5) is 36.2. The molecule has 1 heterocycles. The Balaban J connectivity index is 2.30. The predicted molar refractivity (Wildman–Crippen MR) is 77.4 cm³/mol. The molecule has 0 unspecified atom stereocenters. The first-order chi connectivity index (χ1) is 9.95. The van der Waals surface area contributed by atoms with E-state index in [1.807, 2.05) is 0 Å². The van der Waals surface area contributed by atoms with Gasteiger partial charge in [-0.25, -0.2) is 0 Å². The van der Waals surface area contributed by atoms with E-state index in [0.717, 1.165) is 0 Å². The summed E-state index contributed by atoms with van der Waals surface area (Å²) >= 11 is 0. The van der Waals surface area contributed by atoms with Crippen LogP contribution in [0, 0.1) is 11.8 Å². The maximum absolute atomic E-state index is 11.9. The van der Waals surface area contributed by atoms with E-state index in [4.69, 9.17) is 10.8 Å². The van der Waals surface area contributed by atoms with Crippen LogP contribution in [0.4, 0.5) is 0 Å². The van der Waals surface area contributed by atoms with Gasteiger partial charge >= 0.3 is 5.97 Å². The molecule has 0 aromatic carbocycles. The van der Waals surface area contributed by atoms with Gasteiger partial charge < -0.3 is 21.1 Å². The molecule has 1 rings (SSSR count). The first-order valence-corrected chi connectivity index (χ1v) is 7.44. The number of rotatable bonds is 7. The highest BCUT2D eigenvalue weighted by atomic mass is 16.4. The lowest BCUT2D eigenvalue weighted by molar-refractivity contribution is -0.141. The van der Waals surface area contributed by atoms with Gasteiger partial charge in [0.25, 0.3) is 0 Å². The van der Waals surface area contributed by atoms with Crippen molar-refractivity contribution in [3.63, 3.8) is 0 Å². The Morgan fingerprint density at radius 1 is 1.33 bits per heavy atom. The molecule has 7 heteroatoms. The standard InChI is InChI=1S/C14H25N3O4/c1-10(14(20)21)9-16-13(19)11-4-7-17(8-5-11)12(18)3-2-6-15/h10-11H,2-9,15H2,1H3,(H,16,19)(H,20,21)/t10-/m0/s1. The molecule has 120 valence electrons. The number of hydrogen-bond acceptors (Lipinski definition) is 4. The smallest absolute Gasteiger partial charge is 0.308 e. The largest absolute Gasteiger partial charge is 0.481 e. The van der Waals surface area contributed by atoms with Crippen molar-refractivity contribution >= 4 is 17.8 Å². The molecule has 0 radical (unpaired) electrons. The van der Waals surface area contributed by atoms with Gasteiger partial charge in [0, 0.05) is 32.0 Å². The fourth-order valence-electron chi connectivity index (χ4n) is 2.29. The Hall–Kier alpha value is -1.63. The summed E-state index contributed by atoms with van der Waals surface area (Å²) in [7, 11) is 0. The van der Waals surface area contributed by atoms with Crippen LogP contribution in [0.3, 0.4) is 0 Å². The summed E-state index contributed by atoms with van der Waals surface area (Å²) in [6.45, 7) is 3.36. The van der Waals surface area contributed by atoms with Crippen LogP contribution < -0.4 is 11.1 Å². The number of carboxylic acids is 1. The van der Waals surface area contributed by atoms with Crippen molar-refractivity contribution in [3.8, 4) is 0 Å². The fourth-order valence-corrected chi connectivity index (χ4v) is 2.29. The summed E-state index contributed by atoms with van der Waals surface area (Å²) in [5, 5.41) is 11.4. The zero-order chi connectivity index (χ0) is 15.8. The van der Waals surface area contributed by atoms with Gasteiger partial charge in [-0.05, 0) is 25.8 Å². The zero-order valence-corrected chi connectivity index (χ0v) is 12.5. The lowest BCUT2D eigenvalue weighted by atomic mass is 9.95. The van der Waals surface area contributed by atoms with E-state index >= 15 is 0 Å². The molecule has 1 atom stereocenters. The van der Waals surface area contributed by atoms with Crippen LogP contribution in [0.5, 0.6) is 0 Å². The molecule has 0 aromatic heterocycles. The molecule has 1 saturated heterocycles. The maximum atomic E-state index is 11.9. The first kappa shape index (κ1) is 17.4. The normalized spacial score (nSPS) is 17.3. The number of hydrogen-bond donors (Lipinski definition) is 3. The van der Waals surface area contributed by atoms with Gasteiger partial charge in [0.1, 0.15) is 0 Å². The number of carbonyl (C=O) groups excluding carboxylic acids is 2. The van der Waals surface area contributed by atoms with Gasteiger partial charge in [-0.15, -0.1) is 0 Å². The highest BCUT2D eigenvalue weighted by Crippen LogP contribution is 2.18. The third kappa shape index (κ3) is 5.71. The van der Waals surface area contributed by atoms with Crippen LogP contribution in [0.25, 0.3) is 0 Å². The second-order valence-corrected chi connectivity index (χ2v) is 5.53. The molecule has 2 amide bonds. The molecule has 0 saturated carbocycles. The van der Waals surface area contributed by atoms with Gasteiger partial charge in [-0.3, -0.25) is 14.4 Å². The first-order valence-electron chi connectivity index (χ1n) is 7.44. The molecule has 0 bridgehead atoms. The number of nitrogens with zero attached hydrogens (tertiary/aromatic N) is 1. The van der Waals surface area contributed by atoms with Crippen LogP contribution in [0.2, 0.25) is 0 Å². The Bertz CT molecular complexity index is 378. The van der Waals surface area contributed by atoms with Gasteiger partial charge in [0.05, 0.1) is 5.92 Å². The molecule has 21 heavy (non-hydrogen) atoms. The summed E-state index contributed by atoms with van der Waals surface area (Å²) < 4.78 is 0. The molecule has 0 aromatic rings. The Kier molecular flexibility index (Phi) is 7.14. The van der Waals surface area contributed by atoms with Gasteiger partial charge in [0.15, 0.2) is 0 Å². The van der Waals surface area contributed by atoms with Crippen LogP contribution in [-0.4, -0.2) is 54.0 Å². The molecule has 1 aliphatic rings. The molecule has 7 nitrogen and oxygen atoms in total. The second-order valence-electron chi connectivity index (χ2n) is 5.53. The highest BCUT2D eigenvalue weighted by molar-refractivity contribution is 5.80. The van der Waals surface area contributed by atoms with Crippen molar-refractivity contribution in [2.75, 3.05) is 26.2 Å². The van der Waals surface area contributed by atoms with E-state index in [1.54, 1.807) is 11.8 Å². The third-order valence-electron chi connectivity index (χ3n) is 3.82. The number of aliphatic carboxylic acids is 1. The molecule has 1 fully saturated rings. The molecule has 4 N–H and O–H groups in total. The van der Waals surface area contributed by atoms with Crippen molar-refractivity contribution in [2.45, 2.75) is 32.6 Å². The third-order valence-corrected chi connectivity index (χ3v) is 3.82. The zero-order valence-electron chi connectivity index (χ0n) is 12.5. The van der Waals surface area contributed by atoms with E-state index in [2.05, 4.69) is 5.32 Å². The molecular weight excluding hydrogens is 274 g/mol. The molecule has 1 aliphatic heterocycles. The SMILES string of the molecule is C[C@@H](CNC(=O)C1CCN(C(=O)CCCN)CC1)C(=O)O. The van der Waals surface area contributed by atoms with Crippen LogP contribution in [0.1, 0.15) is 32.6 Å². The van der Waals surface area contributed by atoms with Crippen molar-refractivity contribution in [3.05, 3.63) is 0 Å². The average Bonchev–Trinajstić information content (AvgIpc) is 2.49. The van der Waals surface area contributed by atoms with Crippen molar-refractivity contribution in [1.82, 2.24) is 10.2 Å². The number of carbonyl (C=O) groups is 3. The lowest BCUT2D eigenvalue weighted by Crippen LogP contribution is -2.44. The Morgan fingerprint density at radius 2 is 1.95 bits per heavy atom. The summed E-state index contributed by atoms with van der Waals surface area (Å²) in [6.07, 6.45) is 2.40. The summed E-state index contributed by atoms with van der Waals surface area (Å²) in [5.74, 6) is -1.66. The fraction of sp³-hybridized carbons (Fsp3) is 0.786. The van der Waals surface area contributed by atoms with Crippen LogP contribution in [-0.2, 0) is 14.4 Å². The number of likely N-dealkylation sites (tertiary alicyclic amines) is 1. The number of piperidine rings is 1. The second kappa shape index (κ2) is 8.61. The number of carboxylic acid groups (broad SMARTS) is 1. The van der Waals surface area contributed by atoms with E-state index in [0.29, 0.717) is 45.3 Å². The molecule has 0 spiro atoms. The summed E-state index contributed by atoms with van der Waals surface area (Å²) in [6, 6.07) is 0. The maximum Gasteiger partial charge on any atom is 0.308 e. The van der Waals surface area contributed by atoms with Gasteiger partial charge in [-0.2, -0.15) is 0 Å². The monoisotopic (exact) mass is 299 g/mol. The number of nitrogens with one attached hydrogen (secondary N) is 1. The van der Waals surface area contributed by atoms with Crippen molar-refractivity contribution in [1.29, 1.82) is 0 Å². The topological polar surface area (TPSA) is 113 Å². The van der Waals surface area contributed by atoms with E-state index in [1.165, 1.54) is 0 Å². The van der Waals surface area contributed by atoms with Crippen LogP contribution in [0.15, 0.2) is 0 Å². The number of amides is 2.